The molecule has 0 bridgehead atoms. The predicted molar refractivity (Wildman–Crippen MR) is 80.1 cm³/mol. The number of nitrogens with zero attached hydrogens (tertiary/aromatic N) is 2. The molecule has 0 saturated carbocycles. The predicted octanol–water partition coefficient (Wildman–Crippen LogP) is 2.18. The maximum Gasteiger partial charge on any atom is 0.0195 e. The van der Waals surface area contributed by atoms with Crippen molar-refractivity contribution >= 4 is 0 Å². The minimum absolute atomic E-state index is 0.635. The van der Waals surface area contributed by atoms with Gasteiger partial charge in [-0.1, -0.05) is 26.7 Å². The van der Waals surface area contributed by atoms with E-state index in [0.29, 0.717) is 6.04 Å². The quantitative estimate of drug-likeness (QED) is 0.671. The summed E-state index contributed by atoms with van der Waals surface area (Å²) in [6.45, 7) is 13.0. The molecule has 1 heterocycles. The Morgan fingerprint density at radius 2 is 1.83 bits per heavy atom. The lowest BCUT2D eigenvalue weighted by Crippen LogP contribution is -2.50. The summed E-state index contributed by atoms with van der Waals surface area (Å²) in [6.07, 6.45) is 5.47. The Hall–Kier alpha value is -0.120. The van der Waals surface area contributed by atoms with Gasteiger partial charge in [0.25, 0.3) is 0 Å². The van der Waals surface area contributed by atoms with Gasteiger partial charge in [0.1, 0.15) is 0 Å². The van der Waals surface area contributed by atoms with Gasteiger partial charge in [0, 0.05) is 31.7 Å². The van der Waals surface area contributed by atoms with E-state index >= 15 is 0 Å². The van der Waals surface area contributed by atoms with Crippen molar-refractivity contribution in [1.29, 1.82) is 0 Å². The molecule has 1 rings (SSSR count). The van der Waals surface area contributed by atoms with Crippen LogP contribution in [0.5, 0.6) is 0 Å². The van der Waals surface area contributed by atoms with Gasteiger partial charge in [0.15, 0.2) is 0 Å². The Bertz CT molecular complexity index is 206. The van der Waals surface area contributed by atoms with Crippen LogP contribution in [0.25, 0.3) is 0 Å². The van der Waals surface area contributed by atoms with E-state index in [-0.39, 0.29) is 0 Å². The van der Waals surface area contributed by atoms with Gasteiger partial charge in [-0.15, -0.1) is 0 Å². The fraction of sp³-hybridized carbons (Fsp3) is 1.00. The Kier molecular flexibility index (Phi) is 7.87. The van der Waals surface area contributed by atoms with Gasteiger partial charge in [-0.05, 0) is 39.9 Å². The van der Waals surface area contributed by atoms with Gasteiger partial charge in [-0.25, -0.2) is 0 Å². The maximum atomic E-state index is 3.48. The summed E-state index contributed by atoms with van der Waals surface area (Å²) in [5, 5.41) is 3.48. The van der Waals surface area contributed by atoms with Crippen molar-refractivity contribution in [3.63, 3.8) is 0 Å². The minimum atomic E-state index is 0.635. The molecule has 0 aromatic rings. The van der Waals surface area contributed by atoms with E-state index in [4.69, 9.17) is 0 Å². The van der Waals surface area contributed by atoms with Crippen LogP contribution in [0, 0.1) is 0 Å². The molecule has 3 heteroatoms. The molecule has 1 aliphatic rings. The molecule has 3 nitrogen and oxygen atoms in total. The van der Waals surface area contributed by atoms with E-state index in [0.717, 1.165) is 6.04 Å². The van der Waals surface area contributed by atoms with Crippen LogP contribution in [-0.2, 0) is 0 Å². The molecular formula is C15H33N3. The lowest BCUT2D eigenvalue weighted by atomic mass is 10.1. The van der Waals surface area contributed by atoms with Gasteiger partial charge < -0.3 is 10.2 Å². The zero-order valence-electron chi connectivity index (χ0n) is 12.9. The molecule has 1 unspecified atom stereocenters. The van der Waals surface area contributed by atoms with Crippen LogP contribution in [0.3, 0.4) is 0 Å². The summed E-state index contributed by atoms with van der Waals surface area (Å²) in [6, 6.07) is 1.38. The summed E-state index contributed by atoms with van der Waals surface area (Å²) in [5.41, 5.74) is 0. The molecule has 1 aliphatic heterocycles. The second kappa shape index (κ2) is 8.89. The first-order chi connectivity index (χ1) is 8.59. The molecule has 0 amide bonds. The standard InChI is InChI=1S/C15H33N3/c1-14(2)16-9-7-5-6-8-10-18-12-11-17(4)13-15(18)3/h14-16H,5-13H2,1-4H3. The zero-order chi connectivity index (χ0) is 13.4. The highest BCUT2D eigenvalue weighted by atomic mass is 15.3. The smallest absolute Gasteiger partial charge is 0.0195 e. The van der Waals surface area contributed by atoms with Crippen LogP contribution >= 0.6 is 0 Å². The molecule has 1 N–H and O–H groups in total. The van der Waals surface area contributed by atoms with Crippen molar-refractivity contribution in [3.8, 4) is 0 Å². The average Bonchev–Trinajstić information content (AvgIpc) is 2.30. The third kappa shape index (κ3) is 6.72. The van der Waals surface area contributed by atoms with Crippen molar-refractivity contribution in [2.24, 2.45) is 0 Å². The summed E-state index contributed by atoms with van der Waals surface area (Å²) < 4.78 is 0. The van der Waals surface area contributed by atoms with E-state index in [9.17, 15) is 0 Å². The molecule has 0 aromatic heterocycles. The SMILES string of the molecule is CC(C)NCCCCCCN1CCN(C)CC1C. The van der Waals surface area contributed by atoms with Crippen molar-refractivity contribution in [2.75, 3.05) is 39.8 Å². The number of likely N-dealkylation sites (N-methyl/N-ethyl adjacent to an activating group) is 1. The second-order valence-corrected chi connectivity index (χ2v) is 6.17. The van der Waals surface area contributed by atoms with Crippen molar-refractivity contribution in [3.05, 3.63) is 0 Å². The highest BCUT2D eigenvalue weighted by molar-refractivity contribution is 4.76. The maximum absolute atomic E-state index is 3.48. The zero-order valence-corrected chi connectivity index (χ0v) is 12.9. The molecule has 0 aliphatic carbocycles. The molecule has 1 fully saturated rings. The first kappa shape index (κ1) is 15.9. The molecule has 0 aromatic carbocycles. The third-order valence-electron chi connectivity index (χ3n) is 3.89. The molecule has 1 atom stereocenters. The van der Waals surface area contributed by atoms with Gasteiger partial charge in [0.2, 0.25) is 0 Å². The second-order valence-electron chi connectivity index (χ2n) is 6.17. The molecule has 108 valence electrons. The Morgan fingerprint density at radius 3 is 2.50 bits per heavy atom. The Balaban J connectivity index is 1.94. The molecular weight excluding hydrogens is 222 g/mol. The highest BCUT2D eigenvalue weighted by Gasteiger charge is 2.20. The van der Waals surface area contributed by atoms with E-state index in [2.05, 4.69) is 42.9 Å². The fourth-order valence-corrected chi connectivity index (χ4v) is 2.69. The molecule has 0 radical (unpaired) electrons. The summed E-state index contributed by atoms with van der Waals surface area (Å²) in [4.78, 5) is 5.10. The van der Waals surface area contributed by atoms with Crippen LogP contribution in [0.15, 0.2) is 0 Å². The number of rotatable bonds is 8. The molecule has 1 saturated heterocycles. The summed E-state index contributed by atoms with van der Waals surface area (Å²) in [7, 11) is 2.23. The van der Waals surface area contributed by atoms with Gasteiger partial charge >= 0.3 is 0 Å². The largest absolute Gasteiger partial charge is 0.315 e. The Labute approximate surface area is 114 Å². The summed E-state index contributed by atoms with van der Waals surface area (Å²) >= 11 is 0. The van der Waals surface area contributed by atoms with Crippen LogP contribution in [-0.4, -0.2) is 61.7 Å². The van der Waals surface area contributed by atoms with Crippen LogP contribution in [0.2, 0.25) is 0 Å². The van der Waals surface area contributed by atoms with Crippen molar-refractivity contribution in [2.45, 2.75) is 58.5 Å². The minimum Gasteiger partial charge on any atom is -0.315 e. The number of piperazine rings is 1. The lowest BCUT2D eigenvalue weighted by molar-refractivity contribution is 0.0984. The third-order valence-corrected chi connectivity index (χ3v) is 3.89. The van der Waals surface area contributed by atoms with E-state index in [1.807, 2.05) is 0 Å². The molecule has 18 heavy (non-hydrogen) atoms. The normalized spacial score (nSPS) is 22.8. The molecule has 0 spiro atoms. The van der Waals surface area contributed by atoms with Crippen LogP contribution < -0.4 is 5.32 Å². The monoisotopic (exact) mass is 255 g/mol. The first-order valence-electron chi connectivity index (χ1n) is 7.75. The average molecular weight is 255 g/mol. The van der Waals surface area contributed by atoms with Gasteiger partial charge in [-0.2, -0.15) is 0 Å². The first-order valence-corrected chi connectivity index (χ1v) is 7.75. The Morgan fingerprint density at radius 1 is 1.11 bits per heavy atom. The number of hydrogen-bond acceptors (Lipinski definition) is 3. The van der Waals surface area contributed by atoms with E-state index in [1.165, 1.54) is 58.4 Å². The van der Waals surface area contributed by atoms with E-state index in [1.54, 1.807) is 0 Å². The van der Waals surface area contributed by atoms with Crippen molar-refractivity contribution in [1.82, 2.24) is 15.1 Å². The highest BCUT2D eigenvalue weighted by Crippen LogP contribution is 2.10. The number of hydrogen-bond donors (Lipinski definition) is 1. The number of nitrogens with one attached hydrogen (secondary N) is 1. The summed E-state index contributed by atoms with van der Waals surface area (Å²) in [5.74, 6) is 0. The topological polar surface area (TPSA) is 18.5 Å². The van der Waals surface area contributed by atoms with Crippen molar-refractivity contribution < 1.29 is 0 Å². The fourth-order valence-electron chi connectivity index (χ4n) is 2.69. The number of unbranched alkanes of at least 4 members (excludes halogenated alkanes) is 3. The van der Waals surface area contributed by atoms with Crippen LogP contribution in [0.1, 0.15) is 46.5 Å². The van der Waals surface area contributed by atoms with Crippen LogP contribution in [0.4, 0.5) is 0 Å². The lowest BCUT2D eigenvalue weighted by Gasteiger charge is -2.38. The van der Waals surface area contributed by atoms with Gasteiger partial charge in [0.05, 0.1) is 0 Å². The van der Waals surface area contributed by atoms with Gasteiger partial charge in [-0.3, -0.25) is 4.90 Å². The van der Waals surface area contributed by atoms with E-state index < -0.39 is 0 Å².